The summed E-state index contributed by atoms with van der Waals surface area (Å²) in [5.41, 5.74) is 17.6. The lowest BCUT2D eigenvalue weighted by atomic mass is 9.84. The normalized spacial score (nSPS) is 15.4. The molecule has 0 unspecified atom stereocenters. The van der Waals surface area contributed by atoms with Gasteiger partial charge in [-0.25, -0.2) is 0 Å². The van der Waals surface area contributed by atoms with Gasteiger partial charge in [-0.2, -0.15) is 0 Å². The zero-order chi connectivity index (χ0) is 38.5. The van der Waals surface area contributed by atoms with Crippen LogP contribution in [0.4, 0.5) is 11.4 Å². The summed E-state index contributed by atoms with van der Waals surface area (Å²) in [5.74, 6) is 0. The maximum atomic E-state index is 4.65. The van der Waals surface area contributed by atoms with Crippen molar-refractivity contribution in [1.82, 2.24) is 4.57 Å². The van der Waals surface area contributed by atoms with E-state index in [4.69, 9.17) is 0 Å². The summed E-state index contributed by atoms with van der Waals surface area (Å²) < 4.78 is 2.40. The third-order valence-electron chi connectivity index (χ3n) is 11.6. The van der Waals surface area contributed by atoms with Gasteiger partial charge in [-0.1, -0.05) is 135 Å². The lowest BCUT2D eigenvalue weighted by Crippen LogP contribution is -2.12. The molecule has 1 aliphatic carbocycles. The van der Waals surface area contributed by atoms with Gasteiger partial charge in [-0.3, -0.25) is 0 Å². The second-order valence-electron chi connectivity index (χ2n) is 14.9. The van der Waals surface area contributed by atoms with Gasteiger partial charge in [0, 0.05) is 33.9 Å². The second-order valence-corrected chi connectivity index (χ2v) is 14.9. The van der Waals surface area contributed by atoms with E-state index in [1.54, 1.807) is 0 Å². The van der Waals surface area contributed by atoms with E-state index >= 15 is 0 Å². The molecule has 2 nitrogen and oxygen atoms in total. The highest BCUT2D eigenvalue weighted by Crippen LogP contribution is 2.43. The van der Waals surface area contributed by atoms with Crippen molar-refractivity contribution < 1.29 is 0 Å². The molecule has 0 saturated carbocycles. The van der Waals surface area contributed by atoms with Gasteiger partial charge in [-0.05, 0) is 141 Å². The van der Waals surface area contributed by atoms with Crippen molar-refractivity contribution in [3.05, 3.63) is 217 Å². The Morgan fingerprint density at radius 2 is 1.39 bits per heavy atom. The molecular formula is C55H42N2. The summed E-state index contributed by atoms with van der Waals surface area (Å²) in [6.45, 7) is 11.0. The van der Waals surface area contributed by atoms with Crippen LogP contribution >= 0.6 is 0 Å². The van der Waals surface area contributed by atoms with E-state index in [1.807, 2.05) is 6.08 Å². The van der Waals surface area contributed by atoms with Gasteiger partial charge in [0.05, 0.1) is 16.7 Å². The molecule has 57 heavy (non-hydrogen) atoms. The zero-order valence-corrected chi connectivity index (χ0v) is 32.1. The maximum Gasteiger partial charge on any atom is 0.0547 e. The molecule has 7 aromatic carbocycles. The third kappa shape index (κ3) is 5.81. The van der Waals surface area contributed by atoms with E-state index in [0.29, 0.717) is 0 Å². The molecule has 8 aromatic rings. The molecule has 0 radical (unpaired) electrons. The Balaban J connectivity index is 1.13. The van der Waals surface area contributed by atoms with Gasteiger partial charge in [0.25, 0.3) is 0 Å². The van der Waals surface area contributed by atoms with Crippen molar-refractivity contribution in [2.75, 3.05) is 4.90 Å². The Kier molecular flexibility index (Phi) is 8.53. The highest BCUT2D eigenvalue weighted by molar-refractivity contribution is 6.11. The predicted molar refractivity (Wildman–Crippen MR) is 247 cm³/mol. The van der Waals surface area contributed by atoms with Crippen LogP contribution in [0.3, 0.4) is 0 Å². The van der Waals surface area contributed by atoms with E-state index in [9.17, 15) is 0 Å². The van der Waals surface area contributed by atoms with Crippen molar-refractivity contribution in [2.24, 2.45) is 0 Å². The molecule has 272 valence electrons. The van der Waals surface area contributed by atoms with Gasteiger partial charge in [0.15, 0.2) is 0 Å². The molecule has 0 spiro atoms. The molecule has 2 heterocycles. The summed E-state index contributed by atoms with van der Waals surface area (Å²) in [4.78, 5) is 2.33. The van der Waals surface area contributed by atoms with Crippen LogP contribution < -0.4 is 4.90 Å². The van der Waals surface area contributed by atoms with Crippen LogP contribution in [0.25, 0.3) is 78.8 Å². The number of nitrogens with zero attached hydrogens (tertiary/aromatic N) is 2. The molecule has 0 fully saturated rings. The van der Waals surface area contributed by atoms with Gasteiger partial charge in [0.1, 0.15) is 0 Å². The summed E-state index contributed by atoms with van der Waals surface area (Å²) in [6, 6.07) is 50.6. The Labute approximate surface area is 334 Å². The average Bonchev–Trinajstić information content (AvgIpc) is 3.59. The molecule has 2 aliphatic rings. The number of anilines is 2. The molecular weight excluding hydrogens is 689 g/mol. The fourth-order valence-electron chi connectivity index (χ4n) is 9.00. The molecule has 0 saturated heterocycles. The van der Waals surface area contributed by atoms with Crippen molar-refractivity contribution in [3.63, 3.8) is 0 Å². The minimum Gasteiger partial charge on any atom is -0.317 e. The Hall–Kier alpha value is -7.16. The van der Waals surface area contributed by atoms with E-state index in [-0.39, 0.29) is 0 Å². The topological polar surface area (TPSA) is 8.17 Å². The van der Waals surface area contributed by atoms with Crippen LogP contribution in [-0.4, -0.2) is 4.57 Å². The smallest absolute Gasteiger partial charge is 0.0547 e. The summed E-state index contributed by atoms with van der Waals surface area (Å²) in [5, 5.41) is 4.94. The van der Waals surface area contributed by atoms with Crippen molar-refractivity contribution in [2.45, 2.75) is 19.8 Å². The fourth-order valence-corrected chi connectivity index (χ4v) is 9.00. The first-order valence-electron chi connectivity index (χ1n) is 19.8. The highest BCUT2D eigenvalue weighted by atomic mass is 15.1. The Morgan fingerprint density at radius 1 is 0.614 bits per heavy atom. The maximum absolute atomic E-state index is 4.65. The number of hydrogen-bond acceptors (Lipinski definition) is 1. The fraction of sp³-hybridized carbons (Fsp3) is 0.0545. The van der Waals surface area contributed by atoms with Crippen LogP contribution in [-0.2, 0) is 6.42 Å². The van der Waals surface area contributed by atoms with E-state index in [0.717, 1.165) is 52.2 Å². The lowest BCUT2D eigenvalue weighted by molar-refractivity contribution is 0.985. The molecule has 10 rings (SSSR count). The number of benzene rings is 7. The number of hydrogen-bond donors (Lipinski definition) is 0. The molecule has 0 N–H and O–H groups in total. The number of rotatable bonds is 6. The summed E-state index contributed by atoms with van der Waals surface area (Å²) in [7, 11) is 0. The van der Waals surface area contributed by atoms with E-state index < -0.39 is 0 Å². The number of fused-ring (bicyclic) bond motifs is 7. The Morgan fingerprint density at radius 3 is 2.21 bits per heavy atom. The third-order valence-corrected chi connectivity index (χ3v) is 11.6. The quantitative estimate of drug-likeness (QED) is 0.165. The van der Waals surface area contributed by atoms with Gasteiger partial charge < -0.3 is 9.47 Å². The average molecular weight is 731 g/mol. The minimum absolute atomic E-state index is 0.973. The van der Waals surface area contributed by atoms with Crippen LogP contribution in [0, 0.1) is 0 Å². The summed E-state index contributed by atoms with van der Waals surface area (Å²) >= 11 is 0. The predicted octanol–water partition coefficient (Wildman–Crippen LogP) is 15.0. The van der Waals surface area contributed by atoms with Gasteiger partial charge >= 0.3 is 0 Å². The first-order valence-corrected chi connectivity index (χ1v) is 19.8. The number of aromatic nitrogens is 1. The van der Waals surface area contributed by atoms with Gasteiger partial charge in [-0.15, -0.1) is 0 Å². The van der Waals surface area contributed by atoms with E-state index in [1.165, 1.54) is 66.0 Å². The summed E-state index contributed by atoms with van der Waals surface area (Å²) in [6.07, 6.45) is 19.8. The minimum atomic E-state index is 0.973. The van der Waals surface area contributed by atoms with Crippen LogP contribution in [0.5, 0.6) is 0 Å². The van der Waals surface area contributed by atoms with Gasteiger partial charge in [0.2, 0.25) is 0 Å². The van der Waals surface area contributed by atoms with Crippen molar-refractivity contribution >= 4 is 73.3 Å². The van der Waals surface area contributed by atoms with Crippen LogP contribution in [0.15, 0.2) is 183 Å². The van der Waals surface area contributed by atoms with E-state index in [2.05, 4.69) is 212 Å². The van der Waals surface area contributed by atoms with Crippen molar-refractivity contribution in [3.8, 4) is 16.8 Å². The zero-order valence-electron chi connectivity index (χ0n) is 32.1. The molecule has 0 bridgehead atoms. The number of para-hydroxylation sites is 2. The first-order chi connectivity index (χ1) is 28.1. The highest BCUT2D eigenvalue weighted by Gasteiger charge is 2.21. The van der Waals surface area contributed by atoms with Crippen LogP contribution in [0.1, 0.15) is 46.7 Å². The molecule has 1 aromatic heterocycles. The second kappa shape index (κ2) is 14.2. The Bertz CT molecular complexity index is 3040. The first kappa shape index (κ1) is 34.3. The SMILES string of the molecule is C=Cc1c2c(c3cc(N4/C=C\C(c5ccc6c(c5)c5ccc(-c7ccccc7)cc5n6-c5ccccc5)=C/C(=C)c5ccccc54)ccc3c1/C=C\C)C=CCC2. The molecule has 2 heteroatoms. The largest absolute Gasteiger partial charge is 0.317 e. The number of allylic oxidation sites excluding steroid dienone is 6. The monoisotopic (exact) mass is 730 g/mol. The molecule has 1 aliphatic heterocycles. The van der Waals surface area contributed by atoms with Crippen LogP contribution in [0.2, 0.25) is 0 Å². The lowest BCUT2D eigenvalue weighted by Gasteiger charge is -2.27. The molecule has 0 amide bonds. The molecule has 0 atom stereocenters. The van der Waals surface area contributed by atoms with Crippen molar-refractivity contribution in [1.29, 1.82) is 0 Å². The standard InChI is InChI=1S/C55H42N2/c1-4-16-46-44(5-2)47-22-12-13-23-48(47)51-36-43(27-29-49(46)51)56-32-31-41(33-37(3)45-21-14-15-24-53(45)56)39-26-30-54-52(34-39)50-28-25-40(38-17-8-6-9-18-38)35-55(50)57(54)42-19-10-7-11-20-42/h4-11,13-21,23-36H,2-3,12,22H2,1H3/b16-4-,32-31-,41-33+.